The van der Waals surface area contributed by atoms with Crippen molar-refractivity contribution in [2.45, 2.75) is 36.5 Å². The van der Waals surface area contributed by atoms with Crippen molar-refractivity contribution in [1.82, 2.24) is 4.98 Å². The number of carbonyl (C=O) groups excluding carboxylic acids is 1. The van der Waals surface area contributed by atoms with Crippen molar-refractivity contribution in [3.8, 4) is 0 Å². The summed E-state index contributed by atoms with van der Waals surface area (Å²) in [5, 5.41) is 3.66. The minimum absolute atomic E-state index is 0.123. The Kier molecular flexibility index (Phi) is 5.57. The van der Waals surface area contributed by atoms with Gasteiger partial charge in [-0.1, -0.05) is 140 Å². The van der Waals surface area contributed by atoms with E-state index in [2.05, 4.69) is 166 Å². The molecular formula is C46H33NO. The van der Waals surface area contributed by atoms with Crippen molar-refractivity contribution < 1.29 is 4.79 Å². The van der Waals surface area contributed by atoms with Crippen molar-refractivity contribution in [1.29, 1.82) is 0 Å². The van der Waals surface area contributed by atoms with Crippen molar-refractivity contribution in [2.75, 3.05) is 0 Å². The van der Waals surface area contributed by atoms with Crippen LogP contribution in [0, 0.1) is 13.8 Å². The van der Waals surface area contributed by atoms with Gasteiger partial charge in [-0.05, 0) is 86.8 Å². The molecule has 0 saturated heterocycles. The number of nitrogens with zero attached hydrogens (tertiary/aromatic N) is 1. The zero-order valence-electron chi connectivity index (χ0n) is 26.9. The van der Waals surface area contributed by atoms with Crippen LogP contribution in [0.15, 0.2) is 152 Å². The van der Waals surface area contributed by atoms with Gasteiger partial charge in [-0.2, -0.15) is 0 Å². The number of fused-ring (bicyclic) bond motifs is 9. The number of aryl methyl sites for hydroxylation is 2. The smallest absolute Gasteiger partial charge is 0.164 e. The summed E-state index contributed by atoms with van der Waals surface area (Å²) in [6.07, 6.45) is 0. The molecule has 48 heavy (non-hydrogen) atoms. The van der Waals surface area contributed by atoms with Gasteiger partial charge in [-0.25, -0.2) is 0 Å². The maximum Gasteiger partial charge on any atom is 0.164 e. The van der Waals surface area contributed by atoms with Gasteiger partial charge in [0, 0.05) is 22.9 Å². The van der Waals surface area contributed by atoms with Gasteiger partial charge in [0.25, 0.3) is 0 Å². The molecule has 2 nitrogen and oxygen atoms in total. The van der Waals surface area contributed by atoms with Crippen LogP contribution < -0.4 is 0 Å². The first-order valence-corrected chi connectivity index (χ1v) is 16.9. The van der Waals surface area contributed by atoms with Crippen LogP contribution in [0.2, 0.25) is 0 Å². The lowest BCUT2D eigenvalue weighted by Crippen LogP contribution is -2.38. The van der Waals surface area contributed by atoms with Gasteiger partial charge >= 0.3 is 0 Å². The Bertz CT molecular complexity index is 2480. The van der Waals surface area contributed by atoms with E-state index in [1.165, 1.54) is 32.8 Å². The van der Waals surface area contributed by atoms with Gasteiger partial charge in [0.1, 0.15) is 0 Å². The highest BCUT2D eigenvalue weighted by atomic mass is 16.1. The van der Waals surface area contributed by atoms with Crippen molar-refractivity contribution in [3.05, 3.63) is 196 Å². The molecule has 0 amide bonds. The molecule has 4 atom stereocenters. The summed E-state index contributed by atoms with van der Waals surface area (Å²) in [5.74, 6) is -0.0149. The van der Waals surface area contributed by atoms with Crippen LogP contribution in [0.3, 0.4) is 0 Å². The Labute approximate surface area is 280 Å². The molecule has 10 rings (SSSR count). The molecule has 7 aromatic rings. The number of ketones is 1. The lowest BCUT2D eigenvalue weighted by atomic mass is 9.57. The van der Waals surface area contributed by atoms with Crippen molar-refractivity contribution in [2.24, 2.45) is 0 Å². The highest BCUT2D eigenvalue weighted by molar-refractivity contribution is 6.32. The Balaban J connectivity index is 1.49. The molecule has 0 spiro atoms. The molecule has 228 valence electrons. The molecule has 2 bridgehead atoms. The van der Waals surface area contributed by atoms with Crippen LogP contribution in [-0.2, 0) is 15.6 Å². The molecule has 1 saturated carbocycles. The largest absolute Gasteiger partial charge is 0.297 e. The third-order valence-corrected chi connectivity index (χ3v) is 11.6. The predicted octanol–water partition coefficient (Wildman–Crippen LogP) is 10.3. The number of aromatic nitrogens is 1. The molecule has 1 aromatic heterocycles. The van der Waals surface area contributed by atoms with Crippen LogP contribution >= 0.6 is 0 Å². The van der Waals surface area contributed by atoms with Crippen molar-refractivity contribution >= 4 is 38.6 Å². The molecule has 0 radical (unpaired) electrons. The fraction of sp³-hybridized carbons (Fsp3) is 0.130. The number of Topliss-reactive ketones (excluding diaryl/α,β-unsaturated/α-hetero) is 1. The minimum atomic E-state index is -0.964. The van der Waals surface area contributed by atoms with Crippen LogP contribution in [0.5, 0.6) is 0 Å². The lowest BCUT2D eigenvalue weighted by molar-refractivity contribution is -0.123. The standard InChI is InChI=1S/C46H33NO/c1-28-26-29(2)47-43-36(28)27-32-20-15-25-35-37(32)38(43)42-41(35)45(33-21-11-5-12-22-33)39(30-16-7-3-8-17-30)40(31-18-9-4-10-19-31)46(42,44(45)48)34-23-13-6-14-24-34/h3-27,41-42H,1-2H3. The van der Waals surface area contributed by atoms with Crippen LogP contribution in [0.25, 0.3) is 32.8 Å². The SMILES string of the molecule is Cc1cc(C)c2cc3cccc4c3c(c2n1)C1C4C2(c3ccccc3)C(=O)C1(c1ccccc1)C(c1ccccc1)=C2c1ccccc1. The summed E-state index contributed by atoms with van der Waals surface area (Å²) in [7, 11) is 0. The topological polar surface area (TPSA) is 30.0 Å². The first kappa shape index (κ1) is 27.5. The zero-order valence-corrected chi connectivity index (χ0v) is 26.9. The fourth-order valence-electron chi connectivity index (χ4n) is 10.2. The van der Waals surface area contributed by atoms with E-state index in [1.807, 2.05) is 0 Å². The Hall–Kier alpha value is -5.60. The molecule has 1 heterocycles. The number of allylic oxidation sites excluding steroid dienone is 2. The summed E-state index contributed by atoms with van der Waals surface area (Å²) in [4.78, 5) is 21.9. The summed E-state index contributed by atoms with van der Waals surface area (Å²) >= 11 is 0. The molecular weight excluding hydrogens is 583 g/mol. The number of hydrogen-bond donors (Lipinski definition) is 0. The normalized spacial score (nSPS) is 23.8. The van der Waals surface area contributed by atoms with Crippen LogP contribution in [0.1, 0.15) is 56.5 Å². The van der Waals surface area contributed by atoms with Gasteiger partial charge < -0.3 is 0 Å². The first-order valence-electron chi connectivity index (χ1n) is 16.9. The second kappa shape index (κ2) is 9.71. The molecule has 3 aliphatic carbocycles. The highest BCUT2D eigenvalue weighted by Gasteiger charge is 2.78. The molecule has 6 aromatic carbocycles. The third kappa shape index (κ3) is 3.18. The molecule has 4 unspecified atom stereocenters. The van der Waals surface area contributed by atoms with E-state index in [-0.39, 0.29) is 17.6 Å². The molecule has 0 aliphatic heterocycles. The number of hydrogen-bond acceptors (Lipinski definition) is 2. The number of carbonyl (C=O) groups is 1. The second-order valence-corrected chi connectivity index (χ2v) is 13.8. The van der Waals surface area contributed by atoms with Gasteiger partial charge in [0.2, 0.25) is 0 Å². The average Bonchev–Trinajstić information content (AvgIpc) is 3.69. The second-order valence-electron chi connectivity index (χ2n) is 13.8. The monoisotopic (exact) mass is 615 g/mol. The van der Waals surface area contributed by atoms with E-state index < -0.39 is 10.8 Å². The molecule has 2 heteroatoms. The van der Waals surface area contributed by atoms with Gasteiger partial charge in [-0.15, -0.1) is 0 Å². The quantitative estimate of drug-likeness (QED) is 0.184. The summed E-state index contributed by atoms with van der Waals surface area (Å²) in [6.45, 7) is 4.29. The predicted molar refractivity (Wildman–Crippen MR) is 195 cm³/mol. The van der Waals surface area contributed by atoms with Gasteiger partial charge in [-0.3, -0.25) is 9.78 Å². The van der Waals surface area contributed by atoms with Crippen LogP contribution in [0.4, 0.5) is 0 Å². The van der Waals surface area contributed by atoms with Gasteiger partial charge in [0.15, 0.2) is 5.78 Å². The first-order chi connectivity index (χ1) is 23.6. The van der Waals surface area contributed by atoms with E-state index in [1.54, 1.807) is 0 Å². The Morgan fingerprint density at radius 2 is 1.08 bits per heavy atom. The summed E-state index contributed by atoms with van der Waals surface area (Å²) in [6, 6.07) is 54.0. The molecule has 1 fully saturated rings. The van der Waals surface area contributed by atoms with E-state index in [0.717, 1.165) is 44.6 Å². The maximum absolute atomic E-state index is 16.5. The molecule has 0 N–H and O–H groups in total. The summed E-state index contributed by atoms with van der Waals surface area (Å²) < 4.78 is 0. The lowest BCUT2D eigenvalue weighted by Gasteiger charge is -2.42. The third-order valence-electron chi connectivity index (χ3n) is 11.6. The van der Waals surface area contributed by atoms with E-state index in [0.29, 0.717) is 0 Å². The number of rotatable bonds is 4. The van der Waals surface area contributed by atoms with Gasteiger partial charge in [0.05, 0.1) is 16.3 Å². The average molecular weight is 616 g/mol. The van der Waals surface area contributed by atoms with Crippen molar-refractivity contribution in [3.63, 3.8) is 0 Å². The molecule has 3 aliphatic rings. The van der Waals surface area contributed by atoms with E-state index in [9.17, 15) is 0 Å². The van der Waals surface area contributed by atoms with Crippen LogP contribution in [-0.4, -0.2) is 10.8 Å². The highest BCUT2D eigenvalue weighted by Crippen LogP contribution is 2.80. The fourth-order valence-corrected chi connectivity index (χ4v) is 10.2. The van der Waals surface area contributed by atoms with E-state index in [4.69, 9.17) is 4.98 Å². The summed E-state index contributed by atoms with van der Waals surface area (Å²) in [5.41, 5.74) is 10.4. The maximum atomic E-state index is 16.5. The minimum Gasteiger partial charge on any atom is -0.297 e. The van der Waals surface area contributed by atoms with E-state index >= 15 is 4.79 Å². The number of pyridine rings is 1. The zero-order chi connectivity index (χ0) is 32.2. The Morgan fingerprint density at radius 1 is 0.562 bits per heavy atom. The Morgan fingerprint density at radius 3 is 1.65 bits per heavy atom. The number of benzene rings is 6.